The van der Waals surface area contributed by atoms with Gasteiger partial charge in [-0.1, -0.05) is 51.5 Å². The summed E-state index contributed by atoms with van der Waals surface area (Å²) in [6.45, 7) is 6.98. The molecule has 0 saturated heterocycles. The average molecular weight is 531 g/mol. The van der Waals surface area contributed by atoms with Crippen molar-refractivity contribution in [1.82, 2.24) is 5.32 Å². The molecule has 1 aromatic heterocycles. The highest BCUT2D eigenvalue weighted by Crippen LogP contribution is 2.47. The zero-order chi connectivity index (χ0) is 26.9. The van der Waals surface area contributed by atoms with Crippen LogP contribution in [0.4, 0.5) is 5.00 Å². The number of hydrogen-bond acceptors (Lipinski definition) is 6. The first-order valence-corrected chi connectivity index (χ1v) is 13.9. The van der Waals surface area contributed by atoms with Gasteiger partial charge >= 0.3 is 5.97 Å². The van der Waals surface area contributed by atoms with E-state index in [1.54, 1.807) is 36.7 Å². The first-order chi connectivity index (χ1) is 18.3. The Balaban J connectivity index is 1.23. The Morgan fingerprint density at radius 2 is 1.79 bits per heavy atom. The molecule has 0 radical (unpaired) electrons. The maximum Gasteiger partial charge on any atom is 0.336 e. The number of benzene rings is 2. The van der Waals surface area contributed by atoms with Crippen LogP contribution < -0.4 is 20.1 Å². The molecule has 3 aromatic rings. The van der Waals surface area contributed by atoms with Gasteiger partial charge < -0.3 is 20.1 Å². The van der Waals surface area contributed by atoms with Gasteiger partial charge in [0.1, 0.15) is 22.7 Å². The average Bonchev–Trinajstić information content (AvgIpc) is 3.31. The molecule has 6 nitrogen and oxygen atoms in total. The zero-order valence-corrected chi connectivity index (χ0v) is 23.1. The van der Waals surface area contributed by atoms with Crippen molar-refractivity contribution in [3.8, 4) is 11.5 Å². The highest BCUT2D eigenvalue weighted by atomic mass is 32.1. The quantitative estimate of drug-likeness (QED) is 0.200. The van der Waals surface area contributed by atoms with Crippen molar-refractivity contribution in [2.75, 3.05) is 12.4 Å². The van der Waals surface area contributed by atoms with Crippen LogP contribution in [0.3, 0.4) is 0 Å². The summed E-state index contributed by atoms with van der Waals surface area (Å²) in [4.78, 5) is 26.8. The number of carbonyl (C=O) groups is 2. The van der Waals surface area contributed by atoms with Gasteiger partial charge in [-0.05, 0) is 77.6 Å². The number of esters is 1. The molecule has 2 aliphatic rings. The van der Waals surface area contributed by atoms with Crippen LogP contribution in [0.15, 0.2) is 54.6 Å². The molecule has 1 amide bonds. The minimum atomic E-state index is -0.462. The second-order valence-electron chi connectivity index (χ2n) is 10.6. The van der Waals surface area contributed by atoms with E-state index >= 15 is 0 Å². The number of anilines is 1. The summed E-state index contributed by atoms with van der Waals surface area (Å²) < 4.78 is 10.6. The van der Waals surface area contributed by atoms with Gasteiger partial charge in [-0.2, -0.15) is 0 Å². The lowest BCUT2D eigenvalue weighted by molar-refractivity contribution is -0.128. The van der Waals surface area contributed by atoms with Crippen LogP contribution in [0, 0.1) is 11.3 Å². The van der Waals surface area contributed by atoms with E-state index in [1.165, 1.54) is 16.5 Å². The lowest BCUT2D eigenvalue weighted by atomic mass is 9.69. The Labute approximate surface area is 228 Å². The summed E-state index contributed by atoms with van der Waals surface area (Å²) >= 11 is 1.73. The minimum Gasteiger partial charge on any atom is -0.497 e. The van der Waals surface area contributed by atoms with Crippen LogP contribution in [0.5, 0.6) is 11.5 Å². The molecule has 198 valence electrons. The van der Waals surface area contributed by atoms with E-state index in [0.29, 0.717) is 17.1 Å². The third-order valence-corrected chi connectivity index (χ3v) is 9.20. The fourth-order valence-electron chi connectivity index (χ4n) is 5.18. The molecular weight excluding hydrogens is 496 g/mol. The summed E-state index contributed by atoms with van der Waals surface area (Å²) in [5, 5.41) is 7.60. The van der Waals surface area contributed by atoms with Crippen LogP contribution in [0.25, 0.3) is 6.08 Å². The van der Waals surface area contributed by atoms with Crippen LogP contribution in [0.2, 0.25) is 0 Å². The highest BCUT2D eigenvalue weighted by Gasteiger charge is 2.37. The van der Waals surface area contributed by atoms with Crippen LogP contribution >= 0.6 is 11.3 Å². The lowest BCUT2D eigenvalue weighted by Crippen LogP contribution is -2.38. The SMILES string of the molecule is CCC(C)(C)[C@H]1CCc2c(sc3c2C(=O)N[C@H](c2ccc(OC(=O)/C=C/c4ccc(OC)cc4)cc2)N3)C1. The van der Waals surface area contributed by atoms with E-state index in [1.807, 2.05) is 36.4 Å². The third kappa shape index (κ3) is 5.34. The van der Waals surface area contributed by atoms with Gasteiger partial charge in [0.15, 0.2) is 0 Å². The molecule has 2 heterocycles. The monoisotopic (exact) mass is 530 g/mol. The number of nitrogens with one attached hydrogen (secondary N) is 2. The molecule has 2 N–H and O–H groups in total. The second kappa shape index (κ2) is 10.7. The van der Waals surface area contributed by atoms with Crippen molar-refractivity contribution >= 4 is 34.3 Å². The molecule has 5 rings (SSSR count). The molecule has 0 bridgehead atoms. The first kappa shape index (κ1) is 26.0. The maximum atomic E-state index is 13.1. The molecule has 0 saturated carbocycles. The van der Waals surface area contributed by atoms with Gasteiger partial charge in [0, 0.05) is 11.0 Å². The smallest absolute Gasteiger partial charge is 0.336 e. The predicted octanol–water partition coefficient (Wildman–Crippen LogP) is 6.77. The van der Waals surface area contributed by atoms with Gasteiger partial charge in [0.05, 0.1) is 12.7 Å². The Kier molecular flexibility index (Phi) is 7.30. The fraction of sp³-hybridized carbons (Fsp3) is 0.355. The largest absolute Gasteiger partial charge is 0.497 e. The Bertz CT molecular complexity index is 1360. The van der Waals surface area contributed by atoms with E-state index in [-0.39, 0.29) is 12.1 Å². The highest BCUT2D eigenvalue weighted by molar-refractivity contribution is 7.16. The molecule has 0 spiro atoms. The lowest BCUT2D eigenvalue weighted by Gasteiger charge is -2.36. The second-order valence-corrected chi connectivity index (χ2v) is 11.7. The van der Waals surface area contributed by atoms with Gasteiger partial charge in [-0.3, -0.25) is 4.79 Å². The summed E-state index contributed by atoms with van der Waals surface area (Å²) in [5.41, 5.74) is 4.12. The molecule has 0 fully saturated rings. The van der Waals surface area contributed by atoms with Crippen molar-refractivity contribution in [1.29, 1.82) is 0 Å². The number of thiophene rings is 1. The summed E-state index contributed by atoms with van der Waals surface area (Å²) in [5.74, 6) is 1.36. The molecule has 7 heteroatoms. The number of ether oxygens (including phenoxy) is 2. The maximum absolute atomic E-state index is 13.1. The minimum absolute atomic E-state index is 0.0198. The molecule has 1 aliphatic heterocycles. The Hall–Kier alpha value is -3.58. The Morgan fingerprint density at radius 1 is 1.08 bits per heavy atom. The van der Waals surface area contributed by atoms with E-state index in [0.717, 1.165) is 53.1 Å². The van der Waals surface area contributed by atoms with E-state index in [2.05, 4.69) is 31.4 Å². The van der Waals surface area contributed by atoms with Gasteiger partial charge in [0.25, 0.3) is 5.91 Å². The normalized spacial score (nSPS) is 18.8. The van der Waals surface area contributed by atoms with Crippen molar-refractivity contribution in [3.05, 3.63) is 81.7 Å². The molecule has 2 atom stereocenters. The summed E-state index contributed by atoms with van der Waals surface area (Å²) in [6, 6.07) is 14.6. The molecular formula is C31H34N2O4S. The topological polar surface area (TPSA) is 76.7 Å². The van der Waals surface area contributed by atoms with E-state index in [4.69, 9.17) is 9.47 Å². The van der Waals surface area contributed by atoms with Crippen molar-refractivity contribution in [2.45, 2.75) is 52.6 Å². The molecule has 1 aliphatic carbocycles. The standard InChI is InChI=1S/C31H34N2O4S/c1-5-31(2,3)21-11-16-24-25(18-21)38-30-27(24)29(35)32-28(33-30)20-9-14-23(15-10-20)37-26(34)17-8-19-6-12-22(36-4)13-7-19/h6-10,12-15,17,21,28,33H,5,11,16,18H2,1-4H3,(H,32,35)/b17-8+/t21-,28-/m0/s1. The number of carbonyl (C=O) groups excluding carboxylic acids is 2. The number of amides is 1. The molecule has 2 aromatic carbocycles. The number of methoxy groups -OCH3 is 1. The van der Waals surface area contributed by atoms with Crippen LogP contribution in [-0.4, -0.2) is 19.0 Å². The van der Waals surface area contributed by atoms with Crippen molar-refractivity contribution in [3.63, 3.8) is 0 Å². The van der Waals surface area contributed by atoms with Gasteiger partial charge in [0.2, 0.25) is 0 Å². The Morgan fingerprint density at radius 3 is 2.47 bits per heavy atom. The number of hydrogen-bond donors (Lipinski definition) is 2. The summed E-state index contributed by atoms with van der Waals surface area (Å²) in [6.07, 6.45) is 7.04. The van der Waals surface area contributed by atoms with Crippen molar-refractivity contribution < 1.29 is 19.1 Å². The number of rotatable bonds is 7. The predicted molar refractivity (Wildman–Crippen MR) is 152 cm³/mol. The van der Waals surface area contributed by atoms with E-state index in [9.17, 15) is 9.59 Å². The van der Waals surface area contributed by atoms with Crippen molar-refractivity contribution in [2.24, 2.45) is 11.3 Å². The summed E-state index contributed by atoms with van der Waals surface area (Å²) in [7, 11) is 1.61. The number of fused-ring (bicyclic) bond motifs is 3. The molecule has 0 unspecified atom stereocenters. The zero-order valence-electron chi connectivity index (χ0n) is 22.3. The van der Waals surface area contributed by atoms with Gasteiger partial charge in [-0.15, -0.1) is 11.3 Å². The fourth-order valence-corrected chi connectivity index (χ4v) is 6.53. The van der Waals surface area contributed by atoms with E-state index < -0.39 is 5.97 Å². The third-order valence-electron chi connectivity index (χ3n) is 8.02. The van der Waals surface area contributed by atoms with Crippen LogP contribution in [0.1, 0.15) is 71.7 Å². The van der Waals surface area contributed by atoms with Crippen LogP contribution in [-0.2, 0) is 17.6 Å². The van der Waals surface area contributed by atoms with Gasteiger partial charge in [-0.25, -0.2) is 4.79 Å². The first-order valence-electron chi connectivity index (χ1n) is 13.1. The molecule has 38 heavy (non-hydrogen) atoms.